The van der Waals surface area contributed by atoms with Gasteiger partial charge in [0.2, 0.25) is 0 Å². The maximum absolute atomic E-state index is 11.1. The van der Waals surface area contributed by atoms with Crippen molar-refractivity contribution in [3.63, 3.8) is 0 Å². The number of methoxy groups -OCH3 is 1. The number of hydrogen-bond donors (Lipinski definition) is 1. The minimum atomic E-state index is -1.29. The first-order valence-electron chi connectivity index (χ1n) is 4.87. The SMILES string of the molecule is COC(=O)C(C)(O)CC1CCCC1. The van der Waals surface area contributed by atoms with Crippen molar-refractivity contribution in [2.75, 3.05) is 7.11 Å². The number of hydrogen-bond acceptors (Lipinski definition) is 3. The van der Waals surface area contributed by atoms with Gasteiger partial charge in [0.25, 0.3) is 0 Å². The molecule has 1 aliphatic rings. The lowest BCUT2D eigenvalue weighted by atomic mass is 9.91. The van der Waals surface area contributed by atoms with Crippen LogP contribution >= 0.6 is 0 Å². The van der Waals surface area contributed by atoms with Gasteiger partial charge in [-0.05, 0) is 19.3 Å². The molecular formula is C10H18O3. The van der Waals surface area contributed by atoms with E-state index in [0.717, 1.165) is 12.8 Å². The smallest absolute Gasteiger partial charge is 0.337 e. The zero-order chi connectivity index (χ0) is 9.90. The zero-order valence-electron chi connectivity index (χ0n) is 8.38. The van der Waals surface area contributed by atoms with Gasteiger partial charge in [-0.15, -0.1) is 0 Å². The first-order valence-corrected chi connectivity index (χ1v) is 4.87. The molecule has 1 unspecified atom stereocenters. The van der Waals surface area contributed by atoms with Crippen molar-refractivity contribution in [2.24, 2.45) is 5.92 Å². The Bertz CT molecular complexity index is 181. The second-order valence-electron chi connectivity index (χ2n) is 4.12. The number of aliphatic hydroxyl groups is 1. The van der Waals surface area contributed by atoms with Crippen LogP contribution in [0.2, 0.25) is 0 Å². The number of carbonyl (C=O) groups excluding carboxylic acids is 1. The van der Waals surface area contributed by atoms with Crippen LogP contribution in [0.5, 0.6) is 0 Å². The van der Waals surface area contributed by atoms with Gasteiger partial charge in [0, 0.05) is 0 Å². The van der Waals surface area contributed by atoms with Gasteiger partial charge in [-0.3, -0.25) is 0 Å². The van der Waals surface area contributed by atoms with Crippen LogP contribution in [-0.2, 0) is 9.53 Å². The maximum atomic E-state index is 11.1. The van der Waals surface area contributed by atoms with Crippen molar-refractivity contribution in [1.82, 2.24) is 0 Å². The Hall–Kier alpha value is -0.570. The van der Waals surface area contributed by atoms with Gasteiger partial charge in [-0.2, -0.15) is 0 Å². The lowest BCUT2D eigenvalue weighted by molar-refractivity contribution is -0.162. The highest BCUT2D eigenvalue weighted by atomic mass is 16.5. The van der Waals surface area contributed by atoms with Gasteiger partial charge >= 0.3 is 5.97 Å². The number of ether oxygens (including phenoxy) is 1. The van der Waals surface area contributed by atoms with E-state index in [1.807, 2.05) is 0 Å². The highest BCUT2D eigenvalue weighted by Gasteiger charge is 2.35. The fourth-order valence-corrected chi connectivity index (χ4v) is 2.08. The van der Waals surface area contributed by atoms with Gasteiger partial charge in [0.1, 0.15) is 0 Å². The summed E-state index contributed by atoms with van der Waals surface area (Å²) in [6.45, 7) is 1.54. The van der Waals surface area contributed by atoms with Crippen LogP contribution in [0.25, 0.3) is 0 Å². The summed E-state index contributed by atoms with van der Waals surface area (Å²) >= 11 is 0. The lowest BCUT2D eigenvalue weighted by Crippen LogP contribution is -2.37. The third kappa shape index (κ3) is 2.69. The number of esters is 1. The second kappa shape index (κ2) is 4.09. The van der Waals surface area contributed by atoms with Crippen molar-refractivity contribution < 1.29 is 14.6 Å². The van der Waals surface area contributed by atoms with E-state index in [0.29, 0.717) is 12.3 Å². The Morgan fingerprint density at radius 1 is 1.54 bits per heavy atom. The molecule has 0 amide bonds. The van der Waals surface area contributed by atoms with Gasteiger partial charge < -0.3 is 9.84 Å². The molecule has 0 heterocycles. The first-order chi connectivity index (χ1) is 6.06. The molecular weight excluding hydrogens is 168 g/mol. The predicted molar refractivity (Wildman–Crippen MR) is 49.2 cm³/mol. The van der Waals surface area contributed by atoms with E-state index in [2.05, 4.69) is 4.74 Å². The summed E-state index contributed by atoms with van der Waals surface area (Å²) in [6, 6.07) is 0. The van der Waals surface area contributed by atoms with E-state index in [1.54, 1.807) is 0 Å². The number of carbonyl (C=O) groups is 1. The molecule has 1 N–H and O–H groups in total. The van der Waals surface area contributed by atoms with E-state index >= 15 is 0 Å². The molecule has 0 aromatic heterocycles. The molecule has 3 heteroatoms. The molecule has 3 nitrogen and oxygen atoms in total. The van der Waals surface area contributed by atoms with Gasteiger partial charge in [-0.25, -0.2) is 4.79 Å². The molecule has 76 valence electrons. The highest BCUT2D eigenvalue weighted by molar-refractivity contribution is 5.78. The topological polar surface area (TPSA) is 46.5 Å². The Labute approximate surface area is 79.1 Å². The zero-order valence-corrected chi connectivity index (χ0v) is 8.38. The normalized spacial score (nSPS) is 22.7. The third-order valence-electron chi connectivity index (χ3n) is 2.79. The molecule has 1 aliphatic carbocycles. The van der Waals surface area contributed by atoms with E-state index in [-0.39, 0.29) is 0 Å². The van der Waals surface area contributed by atoms with Crippen LogP contribution in [0, 0.1) is 5.92 Å². The van der Waals surface area contributed by atoms with E-state index in [1.165, 1.54) is 26.9 Å². The Kier molecular flexibility index (Phi) is 3.31. The average Bonchev–Trinajstić information content (AvgIpc) is 2.54. The minimum Gasteiger partial charge on any atom is -0.467 e. The van der Waals surface area contributed by atoms with Gasteiger partial charge in [-0.1, -0.05) is 25.7 Å². The van der Waals surface area contributed by atoms with Crippen molar-refractivity contribution in [1.29, 1.82) is 0 Å². The van der Waals surface area contributed by atoms with E-state index < -0.39 is 11.6 Å². The fourth-order valence-electron chi connectivity index (χ4n) is 2.08. The standard InChI is InChI=1S/C10H18O3/c1-10(12,9(11)13-2)7-8-5-3-4-6-8/h8,12H,3-7H2,1-2H3. The molecule has 0 aromatic carbocycles. The monoisotopic (exact) mass is 186 g/mol. The Balaban J connectivity index is 2.44. The molecule has 1 rings (SSSR count). The second-order valence-corrected chi connectivity index (χ2v) is 4.12. The lowest BCUT2D eigenvalue weighted by Gasteiger charge is -2.23. The summed E-state index contributed by atoms with van der Waals surface area (Å²) in [5.74, 6) is -0.0199. The summed E-state index contributed by atoms with van der Waals surface area (Å²) in [4.78, 5) is 11.1. The van der Waals surface area contributed by atoms with Crippen LogP contribution < -0.4 is 0 Å². The molecule has 13 heavy (non-hydrogen) atoms. The largest absolute Gasteiger partial charge is 0.467 e. The summed E-state index contributed by atoms with van der Waals surface area (Å²) < 4.78 is 4.54. The molecule has 1 saturated carbocycles. The summed E-state index contributed by atoms with van der Waals surface area (Å²) in [7, 11) is 1.31. The van der Waals surface area contributed by atoms with Crippen molar-refractivity contribution >= 4 is 5.97 Å². The van der Waals surface area contributed by atoms with Crippen molar-refractivity contribution in [3.8, 4) is 0 Å². The Morgan fingerprint density at radius 2 is 2.08 bits per heavy atom. The molecule has 0 saturated heterocycles. The number of rotatable bonds is 3. The quantitative estimate of drug-likeness (QED) is 0.679. The van der Waals surface area contributed by atoms with Crippen LogP contribution in [0.4, 0.5) is 0 Å². The Morgan fingerprint density at radius 3 is 2.54 bits per heavy atom. The predicted octanol–water partition coefficient (Wildman–Crippen LogP) is 1.49. The van der Waals surface area contributed by atoms with E-state index in [4.69, 9.17) is 0 Å². The third-order valence-corrected chi connectivity index (χ3v) is 2.79. The maximum Gasteiger partial charge on any atom is 0.337 e. The molecule has 0 spiro atoms. The minimum absolute atomic E-state index is 0.495. The summed E-state index contributed by atoms with van der Waals surface area (Å²) in [6.07, 6.45) is 5.25. The van der Waals surface area contributed by atoms with Crippen LogP contribution in [0.15, 0.2) is 0 Å². The summed E-state index contributed by atoms with van der Waals surface area (Å²) in [5, 5.41) is 9.77. The van der Waals surface area contributed by atoms with Crippen molar-refractivity contribution in [3.05, 3.63) is 0 Å². The fraction of sp³-hybridized carbons (Fsp3) is 0.900. The molecule has 0 radical (unpaired) electrons. The van der Waals surface area contributed by atoms with Crippen LogP contribution in [0.1, 0.15) is 39.0 Å². The van der Waals surface area contributed by atoms with Crippen molar-refractivity contribution in [2.45, 2.75) is 44.6 Å². The molecule has 0 aliphatic heterocycles. The van der Waals surface area contributed by atoms with Gasteiger partial charge in [0.15, 0.2) is 5.60 Å². The van der Waals surface area contributed by atoms with E-state index in [9.17, 15) is 9.90 Å². The first kappa shape index (κ1) is 10.5. The summed E-state index contributed by atoms with van der Waals surface area (Å²) in [5.41, 5.74) is -1.29. The van der Waals surface area contributed by atoms with Crippen LogP contribution in [0.3, 0.4) is 0 Å². The molecule has 0 aromatic rings. The molecule has 1 atom stereocenters. The van der Waals surface area contributed by atoms with Crippen LogP contribution in [-0.4, -0.2) is 23.8 Å². The highest BCUT2D eigenvalue weighted by Crippen LogP contribution is 2.32. The average molecular weight is 186 g/mol. The molecule has 1 fully saturated rings. The molecule has 0 bridgehead atoms. The van der Waals surface area contributed by atoms with Gasteiger partial charge in [0.05, 0.1) is 7.11 Å².